The van der Waals surface area contributed by atoms with Crippen LogP contribution in [0.4, 0.5) is 0 Å². The van der Waals surface area contributed by atoms with E-state index in [2.05, 4.69) is 25.1 Å². The van der Waals surface area contributed by atoms with E-state index in [0.29, 0.717) is 0 Å². The zero-order valence-corrected chi connectivity index (χ0v) is 11.0. The van der Waals surface area contributed by atoms with Crippen molar-refractivity contribution in [2.24, 2.45) is 11.8 Å². The van der Waals surface area contributed by atoms with Crippen LogP contribution in [0.3, 0.4) is 0 Å². The second-order valence-corrected chi connectivity index (χ2v) is 5.48. The van der Waals surface area contributed by atoms with Gasteiger partial charge in [0.1, 0.15) is 0 Å². The third kappa shape index (κ3) is 5.03. The van der Waals surface area contributed by atoms with Gasteiger partial charge in [0.05, 0.1) is 0 Å². The molecule has 0 radical (unpaired) electrons. The van der Waals surface area contributed by atoms with Crippen LogP contribution in [0, 0.1) is 24.2 Å². The molecule has 0 bridgehead atoms. The summed E-state index contributed by atoms with van der Waals surface area (Å²) in [5.41, 5.74) is 0. The molecule has 0 heterocycles. The summed E-state index contributed by atoms with van der Waals surface area (Å²) in [5, 5.41) is 3.70. The number of hydrogen-bond donors (Lipinski definition) is 1. The molecule has 1 nitrogen and oxygen atoms in total. The van der Waals surface area contributed by atoms with Crippen molar-refractivity contribution in [2.45, 2.75) is 64.8 Å². The van der Waals surface area contributed by atoms with E-state index in [1.807, 2.05) is 0 Å². The highest BCUT2D eigenvalue weighted by molar-refractivity contribution is 4.83. The summed E-state index contributed by atoms with van der Waals surface area (Å²) in [6.07, 6.45) is 14.2. The SMILES string of the molecule is C#CCCCCNC1CCCC(C(C)C)C1. The zero-order valence-electron chi connectivity index (χ0n) is 11.0. The molecule has 0 spiro atoms. The van der Waals surface area contributed by atoms with Crippen LogP contribution in [0.1, 0.15) is 58.8 Å². The molecular weight excluding hydrogens is 194 g/mol. The molecule has 1 aliphatic rings. The van der Waals surface area contributed by atoms with Gasteiger partial charge in [0.15, 0.2) is 0 Å². The largest absolute Gasteiger partial charge is 0.314 e. The molecule has 1 heteroatoms. The van der Waals surface area contributed by atoms with Crippen LogP contribution in [0.2, 0.25) is 0 Å². The summed E-state index contributed by atoms with van der Waals surface area (Å²) in [4.78, 5) is 0. The van der Waals surface area contributed by atoms with Crippen LogP contribution in [0.15, 0.2) is 0 Å². The Kier molecular flexibility index (Phi) is 6.57. The Balaban J connectivity index is 2.10. The Hall–Kier alpha value is -0.480. The van der Waals surface area contributed by atoms with Gasteiger partial charge < -0.3 is 5.32 Å². The van der Waals surface area contributed by atoms with E-state index in [-0.39, 0.29) is 0 Å². The Morgan fingerprint density at radius 1 is 1.31 bits per heavy atom. The highest BCUT2D eigenvalue weighted by atomic mass is 14.9. The predicted octanol–water partition coefficient (Wildman–Crippen LogP) is 3.59. The third-order valence-electron chi connectivity index (χ3n) is 3.84. The fourth-order valence-corrected chi connectivity index (χ4v) is 2.68. The Bertz CT molecular complexity index is 214. The highest BCUT2D eigenvalue weighted by Crippen LogP contribution is 2.29. The quantitative estimate of drug-likeness (QED) is 0.534. The normalized spacial score (nSPS) is 25.6. The number of unbranched alkanes of at least 4 members (excludes halogenated alkanes) is 2. The van der Waals surface area contributed by atoms with Crippen molar-refractivity contribution >= 4 is 0 Å². The molecule has 1 fully saturated rings. The third-order valence-corrected chi connectivity index (χ3v) is 3.84. The number of rotatable bonds is 6. The zero-order chi connectivity index (χ0) is 11.8. The maximum atomic E-state index is 5.23. The number of terminal acetylenes is 1. The molecule has 2 unspecified atom stereocenters. The van der Waals surface area contributed by atoms with Gasteiger partial charge in [0.25, 0.3) is 0 Å². The first-order valence-corrected chi connectivity index (χ1v) is 6.91. The lowest BCUT2D eigenvalue weighted by molar-refractivity contribution is 0.231. The molecule has 92 valence electrons. The number of nitrogens with one attached hydrogen (secondary N) is 1. The van der Waals surface area contributed by atoms with Crippen molar-refractivity contribution < 1.29 is 0 Å². The maximum Gasteiger partial charge on any atom is 0.00865 e. The van der Waals surface area contributed by atoms with Gasteiger partial charge in [-0.15, -0.1) is 12.3 Å². The minimum atomic E-state index is 0.770. The molecule has 0 saturated heterocycles. The molecule has 0 aliphatic heterocycles. The van der Waals surface area contributed by atoms with Gasteiger partial charge in [-0.2, -0.15) is 0 Å². The summed E-state index contributed by atoms with van der Waals surface area (Å²) >= 11 is 0. The average Bonchev–Trinajstić information content (AvgIpc) is 2.29. The van der Waals surface area contributed by atoms with Crippen molar-refractivity contribution in [3.63, 3.8) is 0 Å². The Morgan fingerprint density at radius 3 is 2.81 bits per heavy atom. The average molecular weight is 221 g/mol. The van der Waals surface area contributed by atoms with Crippen molar-refractivity contribution in [3.05, 3.63) is 0 Å². The van der Waals surface area contributed by atoms with E-state index in [0.717, 1.165) is 30.8 Å². The van der Waals surface area contributed by atoms with Crippen molar-refractivity contribution in [3.8, 4) is 12.3 Å². The minimum Gasteiger partial charge on any atom is -0.314 e. The molecule has 0 aromatic carbocycles. The molecule has 1 N–H and O–H groups in total. The summed E-state index contributed by atoms with van der Waals surface area (Å²) in [6.45, 7) is 5.87. The van der Waals surface area contributed by atoms with E-state index < -0.39 is 0 Å². The van der Waals surface area contributed by atoms with Crippen LogP contribution >= 0.6 is 0 Å². The van der Waals surface area contributed by atoms with Gasteiger partial charge >= 0.3 is 0 Å². The molecule has 0 aromatic heterocycles. The first kappa shape index (κ1) is 13.6. The molecule has 0 amide bonds. The Morgan fingerprint density at radius 2 is 2.12 bits per heavy atom. The van der Waals surface area contributed by atoms with Gasteiger partial charge in [-0.1, -0.05) is 26.7 Å². The molecule has 1 rings (SSSR count). The summed E-state index contributed by atoms with van der Waals surface area (Å²) in [6, 6.07) is 0.770. The monoisotopic (exact) mass is 221 g/mol. The van der Waals surface area contributed by atoms with Gasteiger partial charge in [-0.05, 0) is 44.1 Å². The van der Waals surface area contributed by atoms with Crippen LogP contribution < -0.4 is 5.32 Å². The fraction of sp³-hybridized carbons (Fsp3) is 0.867. The second kappa shape index (κ2) is 7.74. The van der Waals surface area contributed by atoms with E-state index in [9.17, 15) is 0 Å². The van der Waals surface area contributed by atoms with E-state index in [1.165, 1.54) is 38.5 Å². The van der Waals surface area contributed by atoms with Gasteiger partial charge in [-0.25, -0.2) is 0 Å². The topological polar surface area (TPSA) is 12.0 Å². The molecule has 1 saturated carbocycles. The first-order valence-electron chi connectivity index (χ1n) is 6.91. The predicted molar refractivity (Wildman–Crippen MR) is 71.3 cm³/mol. The van der Waals surface area contributed by atoms with E-state index >= 15 is 0 Å². The molecule has 0 aromatic rings. The van der Waals surface area contributed by atoms with Crippen molar-refractivity contribution in [2.75, 3.05) is 6.54 Å². The van der Waals surface area contributed by atoms with Crippen LogP contribution in [-0.4, -0.2) is 12.6 Å². The lowest BCUT2D eigenvalue weighted by Gasteiger charge is -2.32. The van der Waals surface area contributed by atoms with E-state index in [1.54, 1.807) is 0 Å². The molecule has 2 atom stereocenters. The van der Waals surface area contributed by atoms with Crippen LogP contribution in [0.25, 0.3) is 0 Å². The molecular formula is C15H27N. The standard InChI is InChI=1S/C15H27N/c1-4-5-6-7-11-16-15-10-8-9-14(12-15)13(2)3/h1,13-16H,5-12H2,2-3H3. The van der Waals surface area contributed by atoms with Crippen molar-refractivity contribution in [1.29, 1.82) is 0 Å². The summed E-state index contributed by atoms with van der Waals surface area (Å²) in [5.74, 6) is 4.49. The summed E-state index contributed by atoms with van der Waals surface area (Å²) in [7, 11) is 0. The number of hydrogen-bond acceptors (Lipinski definition) is 1. The lowest BCUT2D eigenvalue weighted by atomic mass is 9.79. The van der Waals surface area contributed by atoms with Crippen molar-refractivity contribution in [1.82, 2.24) is 5.32 Å². The lowest BCUT2D eigenvalue weighted by Crippen LogP contribution is -2.36. The van der Waals surface area contributed by atoms with Gasteiger partial charge in [-0.3, -0.25) is 0 Å². The smallest absolute Gasteiger partial charge is 0.00865 e. The molecule has 16 heavy (non-hydrogen) atoms. The second-order valence-electron chi connectivity index (χ2n) is 5.48. The summed E-state index contributed by atoms with van der Waals surface area (Å²) < 4.78 is 0. The van der Waals surface area contributed by atoms with Gasteiger partial charge in [0.2, 0.25) is 0 Å². The molecule has 1 aliphatic carbocycles. The highest BCUT2D eigenvalue weighted by Gasteiger charge is 2.23. The first-order chi connectivity index (χ1) is 7.74. The maximum absolute atomic E-state index is 5.23. The fourth-order valence-electron chi connectivity index (χ4n) is 2.68. The van der Waals surface area contributed by atoms with E-state index in [4.69, 9.17) is 6.42 Å². The van der Waals surface area contributed by atoms with Crippen LogP contribution in [0.5, 0.6) is 0 Å². The van der Waals surface area contributed by atoms with Gasteiger partial charge in [0, 0.05) is 12.5 Å². The minimum absolute atomic E-state index is 0.770. The Labute approximate surface area is 101 Å². The van der Waals surface area contributed by atoms with Crippen LogP contribution in [-0.2, 0) is 0 Å².